The van der Waals surface area contributed by atoms with Crippen LogP contribution in [0, 0.1) is 13.5 Å². The maximum absolute atomic E-state index is 12.9. The number of nitrogens with zero attached hydrogens (tertiary/aromatic N) is 4. The summed E-state index contributed by atoms with van der Waals surface area (Å²) in [4.78, 5) is 27.7. The third-order valence-corrected chi connectivity index (χ3v) is 7.47. The molecule has 0 radical (unpaired) electrons. The number of hydrogen-bond donors (Lipinski definition) is 0. The Hall–Kier alpha value is -4.22. The Balaban J connectivity index is 1.29. The van der Waals surface area contributed by atoms with Crippen molar-refractivity contribution >= 4 is 22.7 Å². The summed E-state index contributed by atoms with van der Waals surface area (Å²) in [5, 5.41) is 0. The van der Waals surface area contributed by atoms with Gasteiger partial charge in [0.2, 0.25) is 5.69 Å². The Morgan fingerprint density at radius 3 is 2.67 bits per heavy atom. The lowest BCUT2D eigenvalue weighted by Crippen LogP contribution is -2.35. The first-order chi connectivity index (χ1) is 19.1. The van der Waals surface area contributed by atoms with E-state index in [4.69, 9.17) is 20.5 Å². The molecule has 4 aromatic rings. The van der Waals surface area contributed by atoms with Gasteiger partial charge in [-0.15, -0.1) is 0 Å². The van der Waals surface area contributed by atoms with E-state index in [-0.39, 0.29) is 12.0 Å². The molecule has 0 bridgehead atoms. The Morgan fingerprint density at radius 2 is 1.90 bits per heavy atom. The smallest absolute Gasteiger partial charge is 0.255 e. The van der Waals surface area contributed by atoms with Crippen molar-refractivity contribution in [3.63, 3.8) is 0 Å². The van der Waals surface area contributed by atoms with Gasteiger partial charge in [-0.1, -0.05) is 6.07 Å². The van der Waals surface area contributed by atoms with Gasteiger partial charge in [-0.25, -0.2) is 4.85 Å². The quantitative estimate of drug-likeness (QED) is 0.275. The normalized spacial score (nSPS) is 16.3. The van der Waals surface area contributed by atoms with Crippen LogP contribution in [0.2, 0.25) is 0 Å². The van der Waals surface area contributed by atoms with Crippen molar-refractivity contribution in [3.05, 3.63) is 71.3 Å². The zero-order valence-corrected chi connectivity index (χ0v) is 22.0. The first-order valence-electron chi connectivity index (χ1n) is 13.5. The van der Waals surface area contributed by atoms with Gasteiger partial charge in [-0.3, -0.25) is 14.8 Å². The minimum Gasteiger partial charge on any atom is -0.501 e. The fourth-order valence-electron chi connectivity index (χ4n) is 5.36. The number of likely N-dealkylation sites (tertiary alicyclic amines) is 1. The molecule has 0 N–H and O–H groups in total. The lowest BCUT2D eigenvalue weighted by Gasteiger charge is -2.26. The fraction of sp³-hybridized carbons (Fsp3) is 0.355. The Morgan fingerprint density at radius 1 is 1.08 bits per heavy atom. The molecule has 6 rings (SSSR count). The van der Waals surface area contributed by atoms with Gasteiger partial charge < -0.3 is 18.8 Å². The van der Waals surface area contributed by atoms with Crippen LogP contribution in [0.3, 0.4) is 0 Å². The topological polar surface area (TPSA) is 82.1 Å². The van der Waals surface area contributed by atoms with E-state index in [0.717, 1.165) is 55.5 Å². The van der Waals surface area contributed by atoms with Crippen LogP contribution in [0.5, 0.6) is 5.75 Å². The summed E-state index contributed by atoms with van der Waals surface area (Å²) in [6, 6.07) is 11.3. The van der Waals surface area contributed by atoms with E-state index in [0.29, 0.717) is 52.8 Å². The Kier molecular flexibility index (Phi) is 6.99. The molecule has 2 saturated heterocycles. The number of amides is 1. The van der Waals surface area contributed by atoms with Crippen molar-refractivity contribution in [1.82, 2.24) is 14.9 Å². The molecule has 2 aliphatic rings. The van der Waals surface area contributed by atoms with Gasteiger partial charge in [0, 0.05) is 50.0 Å². The predicted octanol–water partition coefficient (Wildman–Crippen LogP) is 6.60. The average Bonchev–Trinajstić information content (AvgIpc) is 3.42. The third kappa shape index (κ3) is 5.10. The van der Waals surface area contributed by atoms with Crippen LogP contribution in [-0.4, -0.2) is 53.2 Å². The number of carbonyl (C=O) groups excluding carboxylic acids is 1. The van der Waals surface area contributed by atoms with Crippen molar-refractivity contribution in [1.29, 1.82) is 0 Å². The highest BCUT2D eigenvalue weighted by atomic mass is 16.5. The van der Waals surface area contributed by atoms with E-state index in [9.17, 15) is 4.79 Å². The van der Waals surface area contributed by atoms with Gasteiger partial charge in [-0.2, -0.15) is 0 Å². The van der Waals surface area contributed by atoms with Crippen LogP contribution < -0.4 is 4.74 Å². The van der Waals surface area contributed by atoms with Crippen molar-refractivity contribution < 1.29 is 18.7 Å². The lowest BCUT2D eigenvalue weighted by molar-refractivity contribution is 0.0259. The van der Waals surface area contributed by atoms with Gasteiger partial charge in [0.25, 0.3) is 5.91 Å². The number of hydrogen-bond acceptors (Lipinski definition) is 6. The molecule has 3 aromatic heterocycles. The van der Waals surface area contributed by atoms with Crippen LogP contribution in [-0.2, 0) is 4.74 Å². The number of rotatable bonds is 5. The molecule has 2 fully saturated rings. The number of carbonyl (C=O) groups is 1. The minimum atomic E-state index is 0.0327. The molecule has 5 heterocycles. The summed E-state index contributed by atoms with van der Waals surface area (Å²) >= 11 is 0. The van der Waals surface area contributed by atoms with E-state index in [1.807, 2.05) is 48.2 Å². The Labute approximate surface area is 227 Å². The SMILES string of the molecule is [C-]#[N+]c1cc(-c2ccnc3cc(-c4ncc(C(=O)N5CCCCC5)cc4C)oc23)ccc1OC1CCOCC1. The van der Waals surface area contributed by atoms with Crippen LogP contribution in [0.25, 0.3) is 38.5 Å². The van der Waals surface area contributed by atoms with Gasteiger partial charge in [0.05, 0.1) is 25.3 Å². The van der Waals surface area contributed by atoms with Crippen LogP contribution in [0.15, 0.2) is 53.2 Å². The third-order valence-electron chi connectivity index (χ3n) is 7.47. The van der Waals surface area contributed by atoms with Gasteiger partial charge in [-0.05, 0) is 61.6 Å². The largest absolute Gasteiger partial charge is 0.501 e. The van der Waals surface area contributed by atoms with E-state index in [1.54, 1.807) is 12.4 Å². The fourth-order valence-corrected chi connectivity index (χ4v) is 5.36. The molecule has 2 aliphatic heterocycles. The van der Waals surface area contributed by atoms with E-state index < -0.39 is 0 Å². The lowest BCUT2D eigenvalue weighted by atomic mass is 10.0. The average molecular weight is 523 g/mol. The summed E-state index contributed by atoms with van der Waals surface area (Å²) < 4.78 is 17.9. The number of ether oxygens (including phenoxy) is 2. The highest BCUT2D eigenvalue weighted by Gasteiger charge is 2.22. The van der Waals surface area contributed by atoms with E-state index in [2.05, 4.69) is 14.8 Å². The molecule has 8 heteroatoms. The number of pyridine rings is 2. The second kappa shape index (κ2) is 10.9. The molecule has 0 atom stereocenters. The summed E-state index contributed by atoms with van der Waals surface area (Å²) in [5.41, 5.74) is 5.61. The summed E-state index contributed by atoms with van der Waals surface area (Å²) in [5.74, 6) is 1.21. The van der Waals surface area contributed by atoms with Crippen molar-refractivity contribution in [2.75, 3.05) is 26.3 Å². The first kappa shape index (κ1) is 25.1. The van der Waals surface area contributed by atoms with Crippen molar-refractivity contribution in [2.24, 2.45) is 0 Å². The number of aromatic nitrogens is 2. The Bertz CT molecular complexity index is 1560. The molecule has 39 heavy (non-hydrogen) atoms. The van der Waals surface area contributed by atoms with Crippen molar-refractivity contribution in [3.8, 4) is 28.3 Å². The summed E-state index contributed by atoms with van der Waals surface area (Å²) in [6.45, 7) is 12.6. The van der Waals surface area contributed by atoms with Gasteiger partial charge >= 0.3 is 0 Å². The van der Waals surface area contributed by atoms with Crippen LogP contribution in [0.4, 0.5) is 5.69 Å². The molecule has 1 amide bonds. The van der Waals surface area contributed by atoms with Gasteiger partial charge in [0.15, 0.2) is 11.3 Å². The molecule has 0 spiro atoms. The van der Waals surface area contributed by atoms with E-state index >= 15 is 0 Å². The second-order valence-electron chi connectivity index (χ2n) is 10.1. The molecular weight excluding hydrogens is 492 g/mol. The summed E-state index contributed by atoms with van der Waals surface area (Å²) in [6.07, 6.45) is 8.35. The predicted molar refractivity (Wildman–Crippen MR) is 148 cm³/mol. The molecule has 1 aromatic carbocycles. The number of fused-ring (bicyclic) bond motifs is 1. The highest BCUT2D eigenvalue weighted by molar-refractivity contribution is 5.95. The number of furan rings is 1. The first-order valence-corrected chi connectivity index (χ1v) is 13.5. The minimum absolute atomic E-state index is 0.0327. The zero-order chi connectivity index (χ0) is 26.8. The maximum atomic E-state index is 12.9. The van der Waals surface area contributed by atoms with Crippen molar-refractivity contribution in [2.45, 2.75) is 45.1 Å². The number of piperidine rings is 1. The zero-order valence-electron chi connectivity index (χ0n) is 22.0. The molecule has 0 aliphatic carbocycles. The molecule has 0 unspecified atom stereocenters. The number of benzene rings is 1. The summed E-state index contributed by atoms with van der Waals surface area (Å²) in [7, 11) is 0. The highest BCUT2D eigenvalue weighted by Crippen LogP contribution is 2.38. The van der Waals surface area contributed by atoms with Crippen LogP contribution >= 0.6 is 0 Å². The number of aryl methyl sites for hydroxylation is 1. The van der Waals surface area contributed by atoms with Gasteiger partial charge in [0.1, 0.15) is 23.1 Å². The second-order valence-corrected chi connectivity index (χ2v) is 10.1. The molecular formula is C31H30N4O4. The standard InChI is InChI=1S/C31H30N4O4/c1-20-16-22(31(36)35-12-4-3-5-13-35)19-34-29(20)28-18-26-30(39-28)24(8-11-33-26)21-6-7-27(25(17-21)32-2)38-23-9-14-37-15-10-23/h6-8,11,16-19,23H,3-5,9-10,12-15H2,1H3. The van der Waals surface area contributed by atoms with E-state index in [1.165, 1.54) is 6.42 Å². The molecule has 8 nitrogen and oxygen atoms in total. The monoisotopic (exact) mass is 522 g/mol. The maximum Gasteiger partial charge on any atom is 0.255 e. The van der Waals surface area contributed by atoms with Crippen LogP contribution in [0.1, 0.15) is 48.0 Å². The molecule has 0 saturated carbocycles. The molecule has 198 valence electrons.